The van der Waals surface area contributed by atoms with Crippen molar-refractivity contribution in [2.45, 2.75) is 5.40 Å². The minimum atomic E-state index is -1.91. The van der Waals surface area contributed by atoms with Crippen molar-refractivity contribution in [2.75, 3.05) is 5.73 Å². The first-order valence-corrected chi connectivity index (χ1v) is 3.03. The van der Waals surface area contributed by atoms with Gasteiger partial charge in [0.2, 0.25) is 0 Å². The zero-order chi connectivity index (χ0) is 8.48. The number of aliphatic hydroxyl groups is 1. The molecule has 5 heteroatoms. The Labute approximate surface area is 67.5 Å². The van der Waals surface area contributed by atoms with E-state index in [-0.39, 0.29) is 11.5 Å². The fourth-order valence-electron chi connectivity index (χ4n) is 0.675. The third-order valence-electron chi connectivity index (χ3n) is 1.18. The lowest BCUT2D eigenvalue weighted by Crippen LogP contribution is -2.27. The summed E-state index contributed by atoms with van der Waals surface area (Å²) in [6.45, 7) is 0. The quantitative estimate of drug-likeness (QED) is 0.502. The number of hydrogen-bond donors (Lipinski definition) is 2. The number of nitrogen functional groups attached to an aromatic ring is 1. The number of nitrogens with two attached hydrogens (primary N) is 1. The van der Waals surface area contributed by atoms with Crippen LogP contribution in [0.15, 0.2) is 18.2 Å². The Morgan fingerprint density at radius 2 is 2.09 bits per heavy atom. The van der Waals surface area contributed by atoms with Gasteiger partial charge in [-0.15, -0.1) is 0 Å². The van der Waals surface area contributed by atoms with Gasteiger partial charge in [0.25, 0.3) is 0 Å². The Bertz CT molecular complexity index is 259. The van der Waals surface area contributed by atoms with E-state index in [0.29, 0.717) is 0 Å². The molecule has 0 saturated carbocycles. The minimum absolute atomic E-state index is 0.150. The summed E-state index contributed by atoms with van der Waals surface area (Å²) in [7, 11) is 10.3. The zero-order valence-electron chi connectivity index (χ0n) is 5.86. The maximum atomic E-state index is 9.05. The van der Waals surface area contributed by atoms with Crippen molar-refractivity contribution < 1.29 is 5.11 Å². The molecule has 3 N–H and O–H groups in total. The normalized spacial score (nSPS) is 11.4. The maximum Gasteiger partial charge on any atom is 0.123 e. The highest BCUT2D eigenvalue weighted by molar-refractivity contribution is 6.38. The van der Waals surface area contributed by atoms with Gasteiger partial charge in [-0.1, -0.05) is 6.07 Å². The predicted octanol–water partition coefficient (Wildman–Crippen LogP) is -0.897. The van der Waals surface area contributed by atoms with E-state index >= 15 is 0 Å². The standard InChI is InChI=1S/C6H6B2N2O/c7-6(8,11)4-2-1-3-5(9)10-4/h1-3,11H,(H2,9,10). The van der Waals surface area contributed by atoms with Crippen molar-refractivity contribution in [1.29, 1.82) is 0 Å². The van der Waals surface area contributed by atoms with Crippen LogP contribution < -0.4 is 5.73 Å². The molecule has 0 amide bonds. The molecule has 0 atom stereocenters. The highest BCUT2D eigenvalue weighted by Gasteiger charge is 2.15. The van der Waals surface area contributed by atoms with Crippen LogP contribution in [0.1, 0.15) is 5.69 Å². The minimum Gasteiger partial charge on any atom is -0.403 e. The molecular weight excluding hydrogens is 138 g/mol. The average molecular weight is 144 g/mol. The molecule has 3 nitrogen and oxygen atoms in total. The van der Waals surface area contributed by atoms with Crippen LogP contribution in [-0.4, -0.2) is 25.8 Å². The van der Waals surface area contributed by atoms with Crippen LogP contribution in [0.2, 0.25) is 0 Å². The van der Waals surface area contributed by atoms with Gasteiger partial charge in [-0.2, -0.15) is 0 Å². The summed E-state index contributed by atoms with van der Waals surface area (Å²) >= 11 is 0. The molecule has 0 bridgehead atoms. The lowest BCUT2D eigenvalue weighted by molar-refractivity contribution is 0.212. The summed E-state index contributed by atoms with van der Waals surface area (Å²) in [5.41, 5.74) is 5.47. The van der Waals surface area contributed by atoms with Crippen molar-refractivity contribution in [2.24, 2.45) is 0 Å². The monoisotopic (exact) mass is 144 g/mol. The van der Waals surface area contributed by atoms with E-state index in [1.807, 2.05) is 0 Å². The van der Waals surface area contributed by atoms with Gasteiger partial charge in [-0.05, 0) is 12.1 Å². The molecule has 0 aliphatic carbocycles. The third kappa shape index (κ3) is 1.98. The van der Waals surface area contributed by atoms with Crippen LogP contribution >= 0.6 is 0 Å². The van der Waals surface area contributed by atoms with E-state index in [2.05, 4.69) is 4.98 Å². The summed E-state index contributed by atoms with van der Waals surface area (Å²) in [6.07, 6.45) is 0. The van der Waals surface area contributed by atoms with Crippen molar-refractivity contribution in [3.63, 3.8) is 0 Å². The SMILES string of the molecule is [B]C([B])(O)c1cccc(N)n1. The fraction of sp³-hybridized carbons (Fsp3) is 0.167. The highest BCUT2D eigenvalue weighted by atomic mass is 16.3. The number of nitrogens with zero attached hydrogens (tertiary/aromatic N) is 1. The molecular formula is C6H6B2N2O. The first-order chi connectivity index (χ1) is 5.00. The second-order valence-electron chi connectivity index (χ2n) is 2.27. The summed E-state index contributed by atoms with van der Waals surface area (Å²) < 4.78 is 0. The van der Waals surface area contributed by atoms with Crippen molar-refractivity contribution >= 4 is 21.5 Å². The van der Waals surface area contributed by atoms with Gasteiger partial charge in [0.1, 0.15) is 21.5 Å². The smallest absolute Gasteiger partial charge is 0.123 e. The fourth-order valence-corrected chi connectivity index (χ4v) is 0.675. The van der Waals surface area contributed by atoms with E-state index < -0.39 is 5.40 Å². The number of anilines is 1. The maximum absolute atomic E-state index is 9.05. The number of aromatic nitrogens is 1. The highest BCUT2D eigenvalue weighted by Crippen LogP contribution is 2.11. The van der Waals surface area contributed by atoms with Crippen LogP contribution in [-0.2, 0) is 5.40 Å². The molecule has 0 aromatic carbocycles. The topological polar surface area (TPSA) is 59.1 Å². The van der Waals surface area contributed by atoms with Gasteiger partial charge < -0.3 is 10.8 Å². The summed E-state index contributed by atoms with van der Waals surface area (Å²) in [4.78, 5) is 3.72. The molecule has 0 spiro atoms. The van der Waals surface area contributed by atoms with Crippen LogP contribution in [0.3, 0.4) is 0 Å². The molecule has 52 valence electrons. The average Bonchev–Trinajstić information content (AvgIpc) is 1.86. The molecule has 0 saturated heterocycles. The molecule has 4 radical (unpaired) electrons. The van der Waals surface area contributed by atoms with Crippen molar-refractivity contribution in [1.82, 2.24) is 4.98 Å². The van der Waals surface area contributed by atoms with Crippen LogP contribution in [0.25, 0.3) is 0 Å². The van der Waals surface area contributed by atoms with Crippen molar-refractivity contribution in [3.05, 3.63) is 23.9 Å². The second-order valence-corrected chi connectivity index (χ2v) is 2.27. The van der Waals surface area contributed by atoms with Gasteiger partial charge in [0.05, 0.1) is 5.69 Å². The number of pyridine rings is 1. The molecule has 1 rings (SSSR count). The Morgan fingerprint density at radius 3 is 2.45 bits per heavy atom. The van der Waals surface area contributed by atoms with Gasteiger partial charge in [-0.25, -0.2) is 4.98 Å². The van der Waals surface area contributed by atoms with Crippen LogP contribution in [0.5, 0.6) is 0 Å². The Morgan fingerprint density at radius 1 is 1.45 bits per heavy atom. The van der Waals surface area contributed by atoms with Crippen LogP contribution in [0, 0.1) is 0 Å². The lowest BCUT2D eigenvalue weighted by Gasteiger charge is -2.17. The van der Waals surface area contributed by atoms with E-state index in [1.54, 1.807) is 12.1 Å². The molecule has 0 unspecified atom stereocenters. The second kappa shape index (κ2) is 2.58. The molecule has 1 aromatic rings. The summed E-state index contributed by atoms with van der Waals surface area (Å²) in [5, 5.41) is 7.14. The Hall–Kier alpha value is -0.960. The van der Waals surface area contributed by atoms with Gasteiger partial charge >= 0.3 is 0 Å². The Kier molecular flexibility index (Phi) is 1.91. The van der Waals surface area contributed by atoms with Crippen LogP contribution in [0.4, 0.5) is 5.82 Å². The molecule has 0 fully saturated rings. The Balaban J connectivity index is 3.06. The zero-order valence-corrected chi connectivity index (χ0v) is 5.86. The van der Waals surface area contributed by atoms with E-state index in [0.717, 1.165) is 0 Å². The molecule has 1 heterocycles. The van der Waals surface area contributed by atoms with E-state index in [9.17, 15) is 0 Å². The molecule has 1 aromatic heterocycles. The summed E-state index contributed by atoms with van der Waals surface area (Å²) in [5.74, 6) is 0.275. The van der Waals surface area contributed by atoms with E-state index in [4.69, 9.17) is 26.5 Å². The first kappa shape index (κ1) is 8.14. The number of hydrogen-bond acceptors (Lipinski definition) is 3. The summed E-state index contributed by atoms with van der Waals surface area (Å²) in [6, 6.07) is 4.69. The molecule has 0 aliphatic heterocycles. The molecule has 11 heavy (non-hydrogen) atoms. The third-order valence-corrected chi connectivity index (χ3v) is 1.18. The number of rotatable bonds is 1. The largest absolute Gasteiger partial charge is 0.403 e. The van der Waals surface area contributed by atoms with Gasteiger partial charge in [0, 0.05) is 5.40 Å². The van der Waals surface area contributed by atoms with Gasteiger partial charge in [0.15, 0.2) is 0 Å². The van der Waals surface area contributed by atoms with Crippen molar-refractivity contribution in [3.8, 4) is 0 Å². The molecule has 0 aliphatic rings. The van der Waals surface area contributed by atoms with Gasteiger partial charge in [-0.3, -0.25) is 0 Å². The predicted molar refractivity (Wildman–Crippen MR) is 44.1 cm³/mol. The lowest BCUT2D eigenvalue weighted by atomic mass is 9.63. The van der Waals surface area contributed by atoms with E-state index in [1.165, 1.54) is 6.07 Å². The first-order valence-electron chi connectivity index (χ1n) is 3.03.